The molecule has 0 aromatic heterocycles. The molecule has 0 N–H and O–H groups in total. The summed E-state index contributed by atoms with van der Waals surface area (Å²) in [5.74, 6) is 0. The van der Waals surface area contributed by atoms with Crippen molar-refractivity contribution in [1.82, 2.24) is 0 Å². The van der Waals surface area contributed by atoms with E-state index in [1.165, 1.54) is 0 Å². The number of halogens is 3. The largest absolute Gasteiger partial charge is 4.00 e. The van der Waals surface area contributed by atoms with Crippen LogP contribution in [0.3, 0.4) is 0 Å². The number of rotatable bonds is 3. The summed E-state index contributed by atoms with van der Waals surface area (Å²) in [7, 11) is -2.22. The number of allylic oxidation sites excluding steroid dienone is 4. The molecule has 1 rings (SSSR count). The van der Waals surface area contributed by atoms with Crippen molar-refractivity contribution < 1.29 is 55.8 Å². The van der Waals surface area contributed by atoms with Crippen LogP contribution in [-0.2, 0) is 18.6 Å². The Morgan fingerprint density at radius 2 is 1.32 bits per heavy atom. The second kappa shape index (κ2) is 10.2. The van der Waals surface area contributed by atoms with Crippen LogP contribution in [0, 0.1) is 6.08 Å². The molecule has 0 saturated carbocycles. The van der Waals surface area contributed by atoms with Crippen molar-refractivity contribution in [3.63, 3.8) is 0 Å². The van der Waals surface area contributed by atoms with E-state index in [9.17, 15) is 0 Å². The molecule has 1 aliphatic rings. The molecule has 1 radical (unpaired) electrons. The van der Waals surface area contributed by atoms with E-state index in [0.717, 1.165) is 11.6 Å². The van der Waals surface area contributed by atoms with E-state index in [1.807, 2.05) is 0 Å². The first kappa shape index (κ1) is 28.5. The molecular formula is C13H25Cl3Si2V. The predicted octanol–water partition coefficient (Wildman–Crippen LogP) is -4.34. The Morgan fingerprint density at radius 1 is 0.947 bits per heavy atom. The summed E-state index contributed by atoms with van der Waals surface area (Å²) < 4.78 is 0. The topological polar surface area (TPSA) is 0 Å². The molecule has 0 bridgehead atoms. The van der Waals surface area contributed by atoms with Crippen molar-refractivity contribution in [3.05, 3.63) is 23.3 Å². The molecule has 0 aromatic rings. The molecule has 0 aliphatic heterocycles. The Morgan fingerprint density at radius 3 is 1.53 bits per heavy atom. The maximum absolute atomic E-state index is 3.54. The van der Waals surface area contributed by atoms with E-state index < -0.39 is 16.1 Å². The van der Waals surface area contributed by atoms with E-state index in [-0.39, 0.29) is 55.8 Å². The quantitative estimate of drug-likeness (QED) is 0.335. The van der Waals surface area contributed by atoms with Gasteiger partial charge in [0, 0.05) is 16.1 Å². The monoisotopic (exact) mass is 393 g/mol. The Labute approximate surface area is 152 Å². The van der Waals surface area contributed by atoms with Gasteiger partial charge in [-0.15, -0.1) is 6.92 Å². The third kappa shape index (κ3) is 7.80. The van der Waals surface area contributed by atoms with E-state index in [1.54, 1.807) is 11.1 Å². The van der Waals surface area contributed by atoms with Crippen LogP contribution in [0.2, 0.25) is 44.4 Å². The minimum absolute atomic E-state index is 0. The first-order valence-corrected chi connectivity index (χ1v) is 13.1. The average molecular weight is 395 g/mol. The van der Waals surface area contributed by atoms with Crippen LogP contribution in [-0.4, -0.2) is 16.1 Å². The molecule has 0 amide bonds. The van der Waals surface area contributed by atoms with Crippen LogP contribution >= 0.6 is 0 Å². The Balaban J connectivity index is -0.000000281. The number of hydrogen-bond donors (Lipinski definition) is 0. The Kier molecular flexibility index (Phi) is 15.2. The fourth-order valence-corrected chi connectivity index (χ4v) is 15.8. The van der Waals surface area contributed by atoms with Gasteiger partial charge in [-0.2, -0.15) is 6.08 Å². The molecule has 0 aromatic carbocycles. The van der Waals surface area contributed by atoms with Crippen molar-refractivity contribution >= 4 is 16.1 Å². The summed E-state index contributed by atoms with van der Waals surface area (Å²) in [5, 5.41) is 0.865. The van der Waals surface area contributed by atoms with Gasteiger partial charge in [-0.1, -0.05) is 50.9 Å². The van der Waals surface area contributed by atoms with Crippen molar-refractivity contribution in [2.24, 2.45) is 0 Å². The third-order valence-electron chi connectivity index (χ3n) is 3.15. The van der Waals surface area contributed by atoms with E-state index in [2.05, 4.69) is 58.4 Å². The molecule has 0 atom stereocenters. The van der Waals surface area contributed by atoms with E-state index in [4.69, 9.17) is 0 Å². The zero-order valence-electron chi connectivity index (χ0n) is 12.9. The molecule has 0 nitrogen and oxygen atoms in total. The van der Waals surface area contributed by atoms with Gasteiger partial charge < -0.3 is 37.2 Å². The normalized spacial score (nSPS) is 14.3. The average Bonchev–Trinajstić information content (AvgIpc) is 2.30. The maximum Gasteiger partial charge on any atom is 4.00 e. The second-order valence-corrected chi connectivity index (χ2v) is 18.1. The standard InChI is InChI=1S/C13H25Si2.3ClH.V/c1-11-9-8-10-12(11)13(14(2,3)4)15(5,6)7;;;;/h8,13H,9H2,1-7H3;3*1H;/q-1;;;;+4/p-3. The van der Waals surface area contributed by atoms with Gasteiger partial charge >= 0.3 is 18.6 Å². The summed E-state index contributed by atoms with van der Waals surface area (Å²) in [4.78, 5) is 0. The van der Waals surface area contributed by atoms with Crippen molar-refractivity contribution in [2.75, 3.05) is 0 Å². The molecule has 1 aliphatic carbocycles. The molecule has 0 heterocycles. The summed E-state index contributed by atoms with van der Waals surface area (Å²) in [5.41, 5.74) is 3.15. The Hall–Kier alpha value is 1.37. The molecule has 111 valence electrons. The first-order chi connectivity index (χ1) is 6.64. The minimum atomic E-state index is -1.11. The van der Waals surface area contributed by atoms with Gasteiger partial charge in [0.25, 0.3) is 0 Å². The molecule has 0 saturated heterocycles. The molecule has 0 spiro atoms. The van der Waals surface area contributed by atoms with Crippen LogP contribution in [0.15, 0.2) is 17.2 Å². The zero-order chi connectivity index (χ0) is 11.9. The maximum atomic E-state index is 3.54. The summed E-state index contributed by atoms with van der Waals surface area (Å²) in [6.45, 7) is 17.4. The molecule has 19 heavy (non-hydrogen) atoms. The van der Waals surface area contributed by atoms with Gasteiger partial charge in [0.05, 0.1) is 0 Å². The second-order valence-electron chi connectivity index (χ2n) is 6.91. The van der Waals surface area contributed by atoms with Gasteiger partial charge in [-0.05, 0) is 0 Å². The van der Waals surface area contributed by atoms with Gasteiger partial charge in [0.1, 0.15) is 0 Å². The zero-order valence-corrected chi connectivity index (χ0v) is 18.6. The molecular weight excluding hydrogens is 370 g/mol. The van der Waals surface area contributed by atoms with Gasteiger partial charge in [-0.25, -0.2) is 11.1 Å². The molecule has 0 fully saturated rings. The minimum Gasteiger partial charge on any atom is -1.00 e. The summed E-state index contributed by atoms with van der Waals surface area (Å²) in [6, 6.07) is 0. The summed E-state index contributed by atoms with van der Waals surface area (Å²) in [6.07, 6.45) is 6.90. The van der Waals surface area contributed by atoms with Gasteiger partial charge in [0.15, 0.2) is 0 Å². The smallest absolute Gasteiger partial charge is 1.00 e. The van der Waals surface area contributed by atoms with Gasteiger partial charge in [0.2, 0.25) is 0 Å². The van der Waals surface area contributed by atoms with Crippen LogP contribution in [0.4, 0.5) is 0 Å². The van der Waals surface area contributed by atoms with Crippen molar-refractivity contribution in [1.29, 1.82) is 0 Å². The van der Waals surface area contributed by atoms with Crippen LogP contribution in [0.25, 0.3) is 0 Å². The SMILES string of the molecule is CC1=C(C([Si](C)(C)C)[Si](C)(C)C)[C-]=CC1.[Cl-].[Cl-].[Cl-].[V+4]. The van der Waals surface area contributed by atoms with Crippen LogP contribution in [0.1, 0.15) is 13.3 Å². The van der Waals surface area contributed by atoms with Crippen LogP contribution < -0.4 is 37.2 Å². The molecule has 0 unspecified atom stereocenters. The predicted molar refractivity (Wildman–Crippen MR) is 75.6 cm³/mol. The number of hydrogen-bond acceptors (Lipinski definition) is 0. The molecule has 6 heteroatoms. The fourth-order valence-electron chi connectivity index (χ4n) is 3.04. The third-order valence-corrected chi connectivity index (χ3v) is 12.4. The Bertz CT molecular complexity index is 301. The van der Waals surface area contributed by atoms with E-state index in [0.29, 0.717) is 0 Å². The summed E-state index contributed by atoms with van der Waals surface area (Å²) >= 11 is 0. The first-order valence-electron chi connectivity index (χ1n) is 5.92. The van der Waals surface area contributed by atoms with Crippen LogP contribution in [0.5, 0.6) is 0 Å². The van der Waals surface area contributed by atoms with Crippen molar-refractivity contribution in [3.8, 4) is 0 Å². The van der Waals surface area contributed by atoms with Crippen molar-refractivity contribution in [2.45, 2.75) is 57.8 Å². The van der Waals surface area contributed by atoms with Gasteiger partial charge in [-0.3, -0.25) is 6.08 Å². The fraction of sp³-hybridized carbons (Fsp3) is 0.692. The van der Waals surface area contributed by atoms with E-state index >= 15 is 0 Å².